The summed E-state index contributed by atoms with van der Waals surface area (Å²) in [5.74, 6) is 0.404. The van der Waals surface area contributed by atoms with Crippen molar-refractivity contribution in [3.8, 4) is 10.8 Å². The van der Waals surface area contributed by atoms with Gasteiger partial charge in [-0.1, -0.05) is 24.3 Å². The van der Waals surface area contributed by atoms with E-state index in [0.29, 0.717) is 22.1 Å². The summed E-state index contributed by atoms with van der Waals surface area (Å²) in [5, 5.41) is 13.8. The summed E-state index contributed by atoms with van der Waals surface area (Å²) in [6.07, 6.45) is 3.06. The summed E-state index contributed by atoms with van der Waals surface area (Å²) in [5.41, 5.74) is 2.05. The van der Waals surface area contributed by atoms with Crippen LogP contribution in [0.4, 0.5) is 0 Å². The zero-order chi connectivity index (χ0) is 15.8. The first-order valence-corrected chi connectivity index (χ1v) is 8.10. The molecule has 0 spiro atoms. The van der Waals surface area contributed by atoms with E-state index in [2.05, 4.69) is 10.3 Å². The molecule has 2 aromatic heterocycles. The fourth-order valence-electron chi connectivity index (χ4n) is 2.85. The Morgan fingerprint density at radius 2 is 2.17 bits per heavy atom. The second kappa shape index (κ2) is 5.64. The van der Waals surface area contributed by atoms with Gasteiger partial charge in [0.2, 0.25) is 0 Å². The summed E-state index contributed by atoms with van der Waals surface area (Å²) in [7, 11) is 0. The lowest BCUT2D eigenvalue weighted by molar-refractivity contribution is 0.0862. The minimum Gasteiger partial charge on any atom is -0.462 e. The molecule has 0 saturated heterocycles. The molecule has 2 atom stereocenters. The minimum atomic E-state index is -0.603. The van der Waals surface area contributed by atoms with Gasteiger partial charge in [0.25, 0.3) is 5.91 Å². The van der Waals surface area contributed by atoms with Gasteiger partial charge < -0.3 is 14.8 Å². The Kier molecular flexibility index (Phi) is 3.48. The van der Waals surface area contributed by atoms with Gasteiger partial charge in [0, 0.05) is 6.42 Å². The van der Waals surface area contributed by atoms with E-state index < -0.39 is 6.10 Å². The van der Waals surface area contributed by atoms with Gasteiger partial charge in [0.1, 0.15) is 4.88 Å². The van der Waals surface area contributed by atoms with Crippen LogP contribution in [0.2, 0.25) is 0 Å². The van der Waals surface area contributed by atoms with Crippen molar-refractivity contribution in [2.75, 3.05) is 0 Å². The van der Waals surface area contributed by atoms with Crippen LogP contribution in [0.25, 0.3) is 10.8 Å². The number of furan rings is 1. The normalized spacial score (nSPS) is 19.5. The Labute approximate surface area is 136 Å². The van der Waals surface area contributed by atoms with Crippen LogP contribution < -0.4 is 5.32 Å². The highest BCUT2D eigenvalue weighted by Crippen LogP contribution is 2.32. The molecule has 116 valence electrons. The molecule has 1 aliphatic rings. The van der Waals surface area contributed by atoms with E-state index in [9.17, 15) is 9.90 Å². The van der Waals surface area contributed by atoms with Crippen molar-refractivity contribution in [3.05, 3.63) is 64.9 Å². The first-order chi connectivity index (χ1) is 11.2. The monoisotopic (exact) mass is 326 g/mol. The quantitative estimate of drug-likeness (QED) is 0.776. The molecule has 1 aromatic carbocycles. The molecule has 2 N–H and O–H groups in total. The van der Waals surface area contributed by atoms with Crippen molar-refractivity contribution >= 4 is 17.2 Å². The number of aliphatic hydroxyl groups is 1. The standard InChI is InChI=1S/C17H14N2O3S/c20-12-8-10-4-1-2-5-11(10)15(12)19-16(21)14-9-18-17(23-14)13-6-3-7-22-13/h1-7,9,12,15,20H,8H2,(H,19,21)/t12-,15+/m1/s1. The zero-order valence-corrected chi connectivity index (χ0v) is 12.9. The molecule has 0 radical (unpaired) electrons. The van der Waals surface area contributed by atoms with E-state index in [-0.39, 0.29) is 11.9 Å². The van der Waals surface area contributed by atoms with Crippen LogP contribution in [0.3, 0.4) is 0 Å². The Morgan fingerprint density at radius 3 is 3.00 bits per heavy atom. The Morgan fingerprint density at radius 1 is 1.30 bits per heavy atom. The predicted molar refractivity (Wildman–Crippen MR) is 86.2 cm³/mol. The number of carbonyl (C=O) groups is 1. The fourth-order valence-corrected chi connectivity index (χ4v) is 3.64. The highest BCUT2D eigenvalue weighted by atomic mass is 32.1. The third-order valence-corrected chi connectivity index (χ3v) is 4.96. The molecule has 0 bridgehead atoms. The van der Waals surface area contributed by atoms with E-state index in [4.69, 9.17) is 4.42 Å². The molecular formula is C17H14N2O3S. The Hall–Kier alpha value is -2.44. The van der Waals surface area contributed by atoms with E-state index in [1.54, 1.807) is 18.4 Å². The van der Waals surface area contributed by atoms with Crippen LogP contribution in [0.15, 0.2) is 53.3 Å². The molecule has 0 fully saturated rings. The first-order valence-electron chi connectivity index (χ1n) is 7.29. The van der Waals surface area contributed by atoms with Crippen molar-refractivity contribution in [1.82, 2.24) is 10.3 Å². The number of fused-ring (bicyclic) bond motifs is 1. The van der Waals surface area contributed by atoms with Gasteiger partial charge in [-0.15, -0.1) is 11.3 Å². The van der Waals surface area contributed by atoms with E-state index >= 15 is 0 Å². The molecule has 4 rings (SSSR count). The lowest BCUT2D eigenvalue weighted by Gasteiger charge is -2.17. The highest BCUT2D eigenvalue weighted by Gasteiger charge is 2.32. The number of hydrogen-bond acceptors (Lipinski definition) is 5. The van der Waals surface area contributed by atoms with E-state index in [1.165, 1.54) is 17.5 Å². The third kappa shape index (κ3) is 2.56. The van der Waals surface area contributed by atoms with E-state index in [1.807, 2.05) is 24.3 Å². The summed E-state index contributed by atoms with van der Waals surface area (Å²) in [6, 6.07) is 11.0. The summed E-state index contributed by atoms with van der Waals surface area (Å²) in [4.78, 5) is 17.2. The molecule has 5 nitrogen and oxygen atoms in total. The lowest BCUT2D eigenvalue weighted by atomic mass is 10.1. The molecular weight excluding hydrogens is 312 g/mol. The molecule has 6 heteroatoms. The molecule has 2 heterocycles. The first kappa shape index (κ1) is 14.2. The van der Waals surface area contributed by atoms with Gasteiger partial charge in [0.05, 0.1) is 24.6 Å². The van der Waals surface area contributed by atoms with Crippen LogP contribution in [-0.4, -0.2) is 22.1 Å². The molecule has 1 aliphatic carbocycles. The van der Waals surface area contributed by atoms with Crippen molar-refractivity contribution in [2.24, 2.45) is 0 Å². The summed E-state index contributed by atoms with van der Waals surface area (Å²) >= 11 is 1.27. The predicted octanol–water partition coefficient (Wildman–Crippen LogP) is 2.79. The van der Waals surface area contributed by atoms with Gasteiger partial charge in [-0.25, -0.2) is 4.98 Å². The number of rotatable bonds is 3. The minimum absolute atomic E-state index is 0.235. The topological polar surface area (TPSA) is 75.4 Å². The number of thiazole rings is 1. The van der Waals surface area contributed by atoms with Gasteiger partial charge in [0.15, 0.2) is 10.8 Å². The van der Waals surface area contributed by atoms with Crippen LogP contribution >= 0.6 is 11.3 Å². The molecule has 23 heavy (non-hydrogen) atoms. The van der Waals surface area contributed by atoms with Gasteiger partial charge in [-0.2, -0.15) is 0 Å². The Balaban J connectivity index is 1.55. The SMILES string of the molecule is O=C(N[C@H]1c2ccccc2C[C@H]1O)c1cnc(-c2ccco2)s1. The van der Waals surface area contributed by atoms with Crippen molar-refractivity contribution in [1.29, 1.82) is 0 Å². The Bertz CT molecular complexity index is 841. The van der Waals surface area contributed by atoms with Gasteiger partial charge in [-0.05, 0) is 23.3 Å². The second-order valence-corrected chi connectivity index (χ2v) is 6.46. The van der Waals surface area contributed by atoms with Crippen LogP contribution in [0, 0.1) is 0 Å². The van der Waals surface area contributed by atoms with Crippen LogP contribution in [0.1, 0.15) is 26.8 Å². The smallest absolute Gasteiger partial charge is 0.263 e. The second-order valence-electron chi connectivity index (χ2n) is 5.43. The number of benzene rings is 1. The molecule has 1 amide bonds. The maximum atomic E-state index is 12.5. The third-order valence-electron chi connectivity index (χ3n) is 3.95. The molecule has 0 unspecified atom stereocenters. The molecule has 3 aromatic rings. The number of amides is 1. The maximum absolute atomic E-state index is 12.5. The average molecular weight is 326 g/mol. The molecule has 0 aliphatic heterocycles. The fraction of sp³-hybridized carbons (Fsp3) is 0.176. The number of nitrogens with zero attached hydrogens (tertiary/aromatic N) is 1. The van der Waals surface area contributed by atoms with E-state index in [0.717, 1.165) is 11.1 Å². The number of nitrogens with one attached hydrogen (secondary N) is 1. The number of carbonyl (C=O) groups excluding carboxylic acids is 1. The van der Waals surface area contributed by atoms with Gasteiger partial charge >= 0.3 is 0 Å². The number of hydrogen-bond donors (Lipinski definition) is 2. The number of aromatic nitrogens is 1. The highest BCUT2D eigenvalue weighted by molar-refractivity contribution is 7.16. The van der Waals surface area contributed by atoms with Crippen molar-refractivity contribution < 1.29 is 14.3 Å². The zero-order valence-electron chi connectivity index (χ0n) is 12.1. The summed E-state index contributed by atoms with van der Waals surface area (Å²) < 4.78 is 5.29. The maximum Gasteiger partial charge on any atom is 0.263 e. The van der Waals surface area contributed by atoms with Gasteiger partial charge in [-0.3, -0.25) is 4.79 Å². The average Bonchev–Trinajstić information content (AvgIpc) is 3.27. The largest absolute Gasteiger partial charge is 0.462 e. The number of aliphatic hydroxyl groups excluding tert-OH is 1. The van der Waals surface area contributed by atoms with Crippen molar-refractivity contribution in [3.63, 3.8) is 0 Å². The summed E-state index contributed by atoms with van der Waals surface area (Å²) in [6.45, 7) is 0. The van der Waals surface area contributed by atoms with Crippen LogP contribution in [-0.2, 0) is 6.42 Å². The molecule has 0 saturated carbocycles. The van der Waals surface area contributed by atoms with Crippen LogP contribution in [0.5, 0.6) is 0 Å². The van der Waals surface area contributed by atoms with Crippen molar-refractivity contribution in [2.45, 2.75) is 18.6 Å². The lowest BCUT2D eigenvalue weighted by Crippen LogP contribution is -2.33.